The molecule has 0 N–H and O–H groups in total. The zero-order valence-electron chi connectivity index (χ0n) is 9.17. The Morgan fingerprint density at radius 1 is 1.47 bits per heavy atom. The summed E-state index contributed by atoms with van der Waals surface area (Å²) in [6, 6.07) is 6.40. The second-order valence-electron chi connectivity index (χ2n) is 3.43. The molecule has 0 aliphatic heterocycles. The maximum atomic E-state index is 10.8. The number of carboxylic acid groups (broad SMARTS) is 1. The number of hydrogen-bond acceptors (Lipinski definition) is 5. The number of carbonyl (C=O) groups is 1. The molecular formula is C12H10NO3S-. The Balaban J connectivity index is 2.11. The average molecular weight is 248 g/mol. The van der Waals surface area contributed by atoms with Gasteiger partial charge in [-0.1, -0.05) is 12.1 Å². The minimum absolute atomic E-state index is 0.0550. The lowest BCUT2D eigenvalue weighted by Crippen LogP contribution is -2.23. The molecule has 0 atom stereocenters. The van der Waals surface area contributed by atoms with Gasteiger partial charge in [-0.15, -0.1) is 11.3 Å². The second kappa shape index (κ2) is 4.97. The number of nitrogens with zero attached hydrogens (tertiary/aromatic N) is 1. The van der Waals surface area contributed by atoms with Crippen LogP contribution in [0.15, 0.2) is 29.6 Å². The molecular weight excluding hydrogens is 238 g/mol. The van der Waals surface area contributed by atoms with E-state index in [1.165, 1.54) is 17.4 Å². The van der Waals surface area contributed by atoms with Crippen LogP contribution in [0.5, 0.6) is 5.75 Å². The fourth-order valence-electron chi connectivity index (χ4n) is 1.39. The van der Waals surface area contributed by atoms with Gasteiger partial charge < -0.3 is 14.6 Å². The second-order valence-corrected chi connectivity index (χ2v) is 4.49. The third-order valence-corrected chi connectivity index (χ3v) is 2.97. The molecule has 1 heterocycles. The van der Waals surface area contributed by atoms with Crippen LogP contribution in [0.4, 0.5) is 0 Å². The van der Waals surface area contributed by atoms with E-state index in [9.17, 15) is 9.90 Å². The van der Waals surface area contributed by atoms with E-state index in [4.69, 9.17) is 4.74 Å². The zero-order chi connectivity index (χ0) is 12.3. The highest BCUT2D eigenvalue weighted by Gasteiger charge is 2.05. The van der Waals surface area contributed by atoms with Crippen molar-refractivity contribution in [3.05, 3.63) is 45.9 Å². The van der Waals surface area contributed by atoms with Gasteiger partial charge in [-0.25, -0.2) is 4.98 Å². The fourth-order valence-corrected chi connectivity index (χ4v) is 1.98. The molecule has 0 amide bonds. The van der Waals surface area contributed by atoms with Gasteiger partial charge in [0.15, 0.2) is 0 Å². The largest absolute Gasteiger partial charge is 0.545 e. The number of hydrogen-bond donors (Lipinski definition) is 0. The predicted octanol–water partition coefficient (Wildman–Crippen LogP) is 1.39. The Kier molecular flexibility index (Phi) is 3.39. The number of carboxylic acids is 1. The number of para-hydroxylation sites is 1. The molecule has 17 heavy (non-hydrogen) atoms. The summed E-state index contributed by atoms with van der Waals surface area (Å²) < 4.78 is 5.42. The first-order chi connectivity index (χ1) is 8.16. The predicted molar refractivity (Wildman–Crippen MR) is 62.0 cm³/mol. The van der Waals surface area contributed by atoms with Crippen LogP contribution in [-0.4, -0.2) is 11.0 Å². The Morgan fingerprint density at radius 2 is 2.24 bits per heavy atom. The Hall–Kier alpha value is -1.88. The lowest BCUT2D eigenvalue weighted by atomic mass is 10.2. The third-order valence-electron chi connectivity index (χ3n) is 2.15. The molecule has 2 rings (SSSR count). The van der Waals surface area contributed by atoms with Crippen LogP contribution in [0.3, 0.4) is 0 Å². The van der Waals surface area contributed by atoms with Crippen LogP contribution in [0, 0.1) is 6.92 Å². The molecule has 1 aromatic carbocycles. The van der Waals surface area contributed by atoms with Crippen molar-refractivity contribution < 1.29 is 14.6 Å². The van der Waals surface area contributed by atoms with Crippen molar-refractivity contribution >= 4 is 17.3 Å². The summed E-state index contributed by atoms with van der Waals surface area (Å²) in [6.07, 6.45) is 0. The molecule has 88 valence electrons. The maximum absolute atomic E-state index is 10.8. The number of benzene rings is 1. The molecule has 0 aliphatic rings. The van der Waals surface area contributed by atoms with Crippen LogP contribution >= 0.6 is 11.3 Å². The van der Waals surface area contributed by atoms with Gasteiger partial charge >= 0.3 is 0 Å². The topological polar surface area (TPSA) is 62.2 Å². The van der Waals surface area contributed by atoms with Crippen LogP contribution in [0.1, 0.15) is 21.1 Å². The number of rotatable bonds is 4. The highest BCUT2D eigenvalue weighted by molar-refractivity contribution is 7.09. The van der Waals surface area contributed by atoms with Crippen molar-refractivity contribution in [2.24, 2.45) is 0 Å². The van der Waals surface area contributed by atoms with Crippen molar-refractivity contribution in [1.29, 1.82) is 0 Å². The summed E-state index contributed by atoms with van der Waals surface area (Å²) in [5.41, 5.74) is 0.847. The third kappa shape index (κ3) is 2.82. The number of aromatic nitrogens is 1. The summed E-state index contributed by atoms with van der Waals surface area (Å²) in [5.74, 6) is -0.937. The number of aromatic carboxylic acids is 1. The van der Waals surface area contributed by atoms with Gasteiger partial charge in [-0.2, -0.15) is 0 Å². The van der Waals surface area contributed by atoms with E-state index in [0.717, 1.165) is 10.7 Å². The summed E-state index contributed by atoms with van der Waals surface area (Å²) in [5, 5.41) is 13.7. The maximum Gasteiger partial charge on any atom is 0.131 e. The highest BCUT2D eigenvalue weighted by atomic mass is 32.1. The van der Waals surface area contributed by atoms with Crippen LogP contribution in [0.2, 0.25) is 0 Å². The SMILES string of the molecule is Cc1nc(COc2ccccc2C(=O)[O-])cs1. The monoisotopic (exact) mass is 248 g/mol. The van der Waals surface area contributed by atoms with E-state index in [-0.39, 0.29) is 12.2 Å². The van der Waals surface area contributed by atoms with Crippen molar-refractivity contribution in [2.75, 3.05) is 0 Å². The average Bonchev–Trinajstić information content (AvgIpc) is 2.73. The molecule has 0 saturated heterocycles. The quantitative estimate of drug-likeness (QED) is 0.820. The van der Waals surface area contributed by atoms with Crippen molar-refractivity contribution in [3.8, 4) is 5.75 Å². The Labute approximate surface area is 103 Å². The molecule has 0 radical (unpaired) electrons. The number of thiazole rings is 1. The van der Waals surface area contributed by atoms with Crippen LogP contribution < -0.4 is 9.84 Å². The van der Waals surface area contributed by atoms with Gasteiger partial charge in [0, 0.05) is 10.9 Å². The first kappa shape index (κ1) is 11.6. The van der Waals surface area contributed by atoms with E-state index in [2.05, 4.69) is 4.98 Å². The van der Waals surface area contributed by atoms with Gasteiger partial charge in [-0.05, 0) is 19.1 Å². The van der Waals surface area contributed by atoms with E-state index in [1.54, 1.807) is 18.2 Å². The molecule has 2 aromatic rings. The van der Waals surface area contributed by atoms with Gasteiger partial charge in [0.25, 0.3) is 0 Å². The first-order valence-corrected chi connectivity index (χ1v) is 5.89. The van der Waals surface area contributed by atoms with E-state index >= 15 is 0 Å². The summed E-state index contributed by atoms with van der Waals surface area (Å²) in [7, 11) is 0. The molecule has 0 spiro atoms. The normalized spacial score (nSPS) is 10.2. The van der Waals surface area contributed by atoms with Crippen molar-refractivity contribution in [3.63, 3.8) is 0 Å². The van der Waals surface area contributed by atoms with Crippen LogP contribution in [0.25, 0.3) is 0 Å². The molecule has 0 unspecified atom stereocenters. The molecule has 4 nitrogen and oxygen atoms in total. The molecule has 0 fully saturated rings. The van der Waals surface area contributed by atoms with Gasteiger partial charge in [-0.3, -0.25) is 0 Å². The summed E-state index contributed by atoms with van der Waals surface area (Å²) in [4.78, 5) is 15.1. The Bertz CT molecular complexity index is 536. The van der Waals surface area contributed by atoms with E-state index in [1.807, 2.05) is 12.3 Å². The van der Waals surface area contributed by atoms with Gasteiger partial charge in [0.1, 0.15) is 12.4 Å². The summed E-state index contributed by atoms with van der Waals surface area (Å²) >= 11 is 1.53. The number of carbonyl (C=O) groups excluding carboxylic acids is 1. The highest BCUT2D eigenvalue weighted by Crippen LogP contribution is 2.19. The zero-order valence-corrected chi connectivity index (χ0v) is 9.99. The molecule has 5 heteroatoms. The number of ether oxygens (including phenoxy) is 1. The smallest absolute Gasteiger partial charge is 0.131 e. The first-order valence-electron chi connectivity index (χ1n) is 5.01. The summed E-state index contributed by atoms with van der Waals surface area (Å²) in [6.45, 7) is 2.16. The standard InChI is InChI=1S/C12H11NO3S/c1-8-13-9(7-17-8)6-16-11-5-3-2-4-10(11)12(14)15/h2-5,7H,6H2,1H3,(H,14,15)/p-1. The molecule has 0 saturated carbocycles. The lowest BCUT2D eigenvalue weighted by Gasteiger charge is -2.10. The fraction of sp³-hybridized carbons (Fsp3) is 0.167. The van der Waals surface area contributed by atoms with Crippen LogP contribution in [-0.2, 0) is 6.61 Å². The van der Waals surface area contributed by atoms with Crippen molar-refractivity contribution in [1.82, 2.24) is 4.98 Å². The molecule has 1 aromatic heterocycles. The Morgan fingerprint density at radius 3 is 2.88 bits per heavy atom. The van der Waals surface area contributed by atoms with Crippen molar-refractivity contribution in [2.45, 2.75) is 13.5 Å². The number of aryl methyl sites for hydroxylation is 1. The minimum Gasteiger partial charge on any atom is -0.545 e. The minimum atomic E-state index is -1.24. The molecule has 0 bridgehead atoms. The lowest BCUT2D eigenvalue weighted by molar-refractivity contribution is -0.255. The van der Waals surface area contributed by atoms with E-state index in [0.29, 0.717) is 5.75 Å². The molecule has 0 aliphatic carbocycles. The van der Waals surface area contributed by atoms with Gasteiger partial charge in [0.05, 0.1) is 16.7 Å². The van der Waals surface area contributed by atoms with Gasteiger partial charge in [0.2, 0.25) is 0 Å². The van der Waals surface area contributed by atoms with E-state index < -0.39 is 5.97 Å².